The van der Waals surface area contributed by atoms with Crippen LogP contribution >= 0.6 is 23.2 Å². The number of nitrogens with one attached hydrogen (secondary N) is 1. The molecule has 1 fully saturated rings. The Hall–Kier alpha value is -1.47. The summed E-state index contributed by atoms with van der Waals surface area (Å²) in [5, 5.41) is 0.475. The zero-order valence-electron chi connectivity index (χ0n) is 13.2. The molecule has 1 atom stereocenters. The topological polar surface area (TPSA) is 64.6 Å². The molecule has 5 nitrogen and oxygen atoms in total. The molecule has 0 aromatic heterocycles. The third-order valence-corrected chi connectivity index (χ3v) is 5.87. The van der Waals surface area contributed by atoms with Gasteiger partial charge in [-0.1, -0.05) is 29.3 Å². The van der Waals surface area contributed by atoms with Crippen molar-refractivity contribution in [1.29, 1.82) is 0 Å². The van der Waals surface area contributed by atoms with Crippen molar-refractivity contribution in [3.63, 3.8) is 0 Å². The van der Waals surface area contributed by atoms with Crippen molar-refractivity contribution in [3.8, 4) is 5.75 Å². The first-order valence-corrected chi connectivity index (χ1v) is 10.0. The number of benzene rings is 2. The Labute approximate surface area is 156 Å². The van der Waals surface area contributed by atoms with E-state index in [0.29, 0.717) is 23.1 Å². The minimum absolute atomic E-state index is 0.0348. The second-order valence-corrected chi connectivity index (χ2v) is 8.15. The molecule has 8 heteroatoms. The molecule has 0 spiro atoms. The standard InChI is InChI=1S/C17H17Cl2NO4S/c18-16-7-6-15(10-17(16)19)25(21,22)20-12-3-1-4-13(9-12)24-11-14-5-2-8-23-14/h1,3-4,6-7,9-10,14,20H,2,5,8,11H2/t14-/m0/s1. The molecule has 2 aromatic carbocycles. The van der Waals surface area contributed by atoms with Gasteiger partial charge in [0.2, 0.25) is 0 Å². The van der Waals surface area contributed by atoms with Gasteiger partial charge in [-0.15, -0.1) is 0 Å². The molecule has 3 rings (SSSR count). The van der Waals surface area contributed by atoms with Crippen LogP contribution in [0, 0.1) is 0 Å². The maximum atomic E-state index is 12.5. The second kappa shape index (κ2) is 7.83. The number of anilines is 1. The molecular formula is C17H17Cl2NO4S. The molecule has 1 aliphatic rings. The minimum atomic E-state index is -3.77. The van der Waals surface area contributed by atoms with Crippen molar-refractivity contribution in [3.05, 3.63) is 52.5 Å². The summed E-state index contributed by atoms with van der Waals surface area (Å²) in [5.41, 5.74) is 0.399. The van der Waals surface area contributed by atoms with E-state index in [9.17, 15) is 8.42 Å². The molecule has 0 unspecified atom stereocenters. The van der Waals surface area contributed by atoms with Crippen LogP contribution in [0.1, 0.15) is 12.8 Å². The van der Waals surface area contributed by atoms with Crippen LogP contribution in [0.15, 0.2) is 47.4 Å². The quantitative estimate of drug-likeness (QED) is 0.780. The van der Waals surface area contributed by atoms with E-state index in [1.807, 2.05) is 0 Å². The van der Waals surface area contributed by atoms with E-state index < -0.39 is 10.0 Å². The van der Waals surface area contributed by atoms with E-state index in [2.05, 4.69) is 4.72 Å². The Morgan fingerprint density at radius 2 is 2.00 bits per heavy atom. The fourth-order valence-corrected chi connectivity index (χ4v) is 3.91. The van der Waals surface area contributed by atoms with Crippen LogP contribution in [0.4, 0.5) is 5.69 Å². The monoisotopic (exact) mass is 401 g/mol. The van der Waals surface area contributed by atoms with Crippen LogP contribution in [0.3, 0.4) is 0 Å². The first kappa shape index (κ1) is 18.3. The number of sulfonamides is 1. The Balaban J connectivity index is 1.70. The van der Waals surface area contributed by atoms with Crippen molar-refractivity contribution >= 4 is 38.9 Å². The summed E-state index contributed by atoms with van der Waals surface area (Å²) in [6, 6.07) is 10.9. The highest BCUT2D eigenvalue weighted by molar-refractivity contribution is 7.92. The molecule has 0 radical (unpaired) electrons. The Bertz CT molecular complexity index is 851. The van der Waals surface area contributed by atoms with Crippen LogP contribution in [0.2, 0.25) is 10.0 Å². The van der Waals surface area contributed by atoms with E-state index in [1.54, 1.807) is 24.3 Å². The highest BCUT2D eigenvalue weighted by Gasteiger charge is 2.17. The van der Waals surface area contributed by atoms with Crippen molar-refractivity contribution in [2.75, 3.05) is 17.9 Å². The van der Waals surface area contributed by atoms with Gasteiger partial charge in [0.05, 0.1) is 26.7 Å². The number of hydrogen-bond donors (Lipinski definition) is 1. The van der Waals surface area contributed by atoms with Crippen LogP contribution < -0.4 is 9.46 Å². The number of rotatable bonds is 6. The molecule has 0 amide bonds. The lowest BCUT2D eigenvalue weighted by Gasteiger charge is -2.13. The molecule has 0 aliphatic carbocycles. The molecule has 134 valence electrons. The van der Waals surface area contributed by atoms with Crippen molar-refractivity contribution in [2.24, 2.45) is 0 Å². The number of hydrogen-bond acceptors (Lipinski definition) is 4. The second-order valence-electron chi connectivity index (χ2n) is 5.66. The van der Waals surface area contributed by atoms with Crippen LogP contribution in [-0.2, 0) is 14.8 Å². The van der Waals surface area contributed by atoms with E-state index in [1.165, 1.54) is 18.2 Å². The number of halogens is 2. The summed E-state index contributed by atoms with van der Waals surface area (Å²) < 4.78 is 38.6. The van der Waals surface area contributed by atoms with Crippen LogP contribution in [0.25, 0.3) is 0 Å². The van der Waals surface area contributed by atoms with E-state index in [-0.39, 0.29) is 16.0 Å². The fourth-order valence-electron chi connectivity index (χ4n) is 2.47. The Morgan fingerprint density at radius 3 is 2.72 bits per heavy atom. The molecule has 25 heavy (non-hydrogen) atoms. The van der Waals surface area contributed by atoms with E-state index in [0.717, 1.165) is 19.4 Å². The highest BCUT2D eigenvalue weighted by Crippen LogP contribution is 2.27. The lowest BCUT2D eigenvalue weighted by molar-refractivity contribution is 0.0680. The van der Waals surface area contributed by atoms with Crippen molar-refractivity contribution in [1.82, 2.24) is 0 Å². The highest BCUT2D eigenvalue weighted by atomic mass is 35.5. The van der Waals surface area contributed by atoms with Gasteiger partial charge in [0.1, 0.15) is 12.4 Å². The smallest absolute Gasteiger partial charge is 0.261 e. The van der Waals surface area contributed by atoms with E-state index in [4.69, 9.17) is 32.7 Å². The van der Waals surface area contributed by atoms with E-state index >= 15 is 0 Å². The van der Waals surface area contributed by atoms with Gasteiger partial charge in [-0.05, 0) is 43.2 Å². The van der Waals surface area contributed by atoms with Crippen molar-refractivity contribution < 1.29 is 17.9 Å². The minimum Gasteiger partial charge on any atom is -0.491 e. The summed E-state index contributed by atoms with van der Waals surface area (Å²) in [4.78, 5) is 0.0348. The van der Waals surface area contributed by atoms with Crippen molar-refractivity contribution in [2.45, 2.75) is 23.8 Å². The average Bonchev–Trinajstić information content (AvgIpc) is 3.09. The summed E-state index contributed by atoms with van der Waals surface area (Å²) in [6.07, 6.45) is 2.11. The molecule has 2 aromatic rings. The fraction of sp³-hybridized carbons (Fsp3) is 0.294. The predicted molar refractivity (Wildman–Crippen MR) is 98.2 cm³/mol. The lowest BCUT2D eigenvalue weighted by atomic mass is 10.2. The first-order chi connectivity index (χ1) is 11.9. The van der Waals surface area contributed by atoms with Gasteiger partial charge in [-0.3, -0.25) is 4.72 Å². The predicted octanol–water partition coefficient (Wildman–Crippen LogP) is 4.35. The van der Waals surface area contributed by atoms with Gasteiger partial charge in [-0.25, -0.2) is 8.42 Å². The third kappa shape index (κ3) is 4.79. The summed E-state index contributed by atoms with van der Waals surface area (Å²) in [5.74, 6) is 0.574. The Morgan fingerprint density at radius 1 is 1.16 bits per heavy atom. The molecule has 1 saturated heterocycles. The zero-order chi connectivity index (χ0) is 17.9. The van der Waals surface area contributed by atoms with Gasteiger partial charge in [0, 0.05) is 12.7 Å². The Kier molecular flexibility index (Phi) is 5.74. The maximum Gasteiger partial charge on any atom is 0.261 e. The molecule has 1 N–H and O–H groups in total. The van der Waals surface area contributed by atoms with Gasteiger partial charge < -0.3 is 9.47 Å². The molecule has 0 bridgehead atoms. The van der Waals surface area contributed by atoms with Gasteiger partial charge in [-0.2, -0.15) is 0 Å². The average molecular weight is 402 g/mol. The summed E-state index contributed by atoms with van der Waals surface area (Å²) in [6.45, 7) is 1.21. The van der Waals surface area contributed by atoms with Gasteiger partial charge >= 0.3 is 0 Å². The summed E-state index contributed by atoms with van der Waals surface area (Å²) >= 11 is 11.7. The first-order valence-electron chi connectivity index (χ1n) is 7.76. The lowest BCUT2D eigenvalue weighted by Crippen LogP contribution is -2.16. The van der Waals surface area contributed by atoms with Gasteiger partial charge in [0.15, 0.2) is 0 Å². The van der Waals surface area contributed by atoms with Crippen LogP contribution in [0.5, 0.6) is 5.75 Å². The largest absolute Gasteiger partial charge is 0.491 e. The SMILES string of the molecule is O=S(=O)(Nc1cccc(OC[C@@H]2CCCO2)c1)c1ccc(Cl)c(Cl)c1. The zero-order valence-corrected chi connectivity index (χ0v) is 15.6. The van der Waals surface area contributed by atoms with Crippen LogP contribution in [-0.4, -0.2) is 27.7 Å². The molecule has 0 saturated carbocycles. The number of ether oxygens (including phenoxy) is 2. The molecule has 1 aliphatic heterocycles. The van der Waals surface area contributed by atoms with Gasteiger partial charge in [0.25, 0.3) is 10.0 Å². The molecule has 1 heterocycles. The third-order valence-electron chi connectivity index (χ3n) is 3.75. The summed E-state index contributed by atoms with van der Waals surface area (Å²) in [7, 11) is -3.77. The maximum absolute atomic E-state index is 12.5. The molecular weight excluding hydrogens is 385 g/mol. The normalized spacial score (nSPS) is 17.4.